The Bertz CT molecular complexity index is 1090. The molecule has 5 aliphatic rings. The van der Waals surface area contributed by atoms with Gasteiger partial charge in [0.2, 0.25) is 0 Å². The Balaban J connectivity index is 1.23. The fourth-order valence-electron chi connectivity index (χ4n) is 7.06. The molecule has 11 nitrogen and oxygen atoms in total. The second kappa shape index (κ2) is 8.57. The molecular weight excluding hydrogens is 474 g/mol. The number of hydrogen-bond acceptors (Lipinski definition) is 10. The number of rotatable bonds is 4. The van der Waals surface area contributed by atoms with E-state index in [4.69, 9.17) is 23.7 Å². The molecule has 11 heteroatoms. The van der Waals surface area contributed by atoms with E-state index in [2.05, 4.69) is 13.1 Å². The number of likely N-dealkylation sites (tertiary alicyclic amines) is 1. The molecule has 2 saturated heterocycles. The first-order chi connectivity index (χ1) is 17.3. The molecule has 2 fully saturated rings. The molecule has 36 heavy (non-hydrogen) atoms. The third kappa shape index (κ3) is 3.30. The molecule has 0 aromatic heterocycles. The Morgan fingerprint density at radius 2 is 2.00 bits per heavy atom. The molecule has 5 N–H and O–H groups in total. The Morgan fingerprint density at radius 3 is 2.78 bits per heavy atom. The van der Waals surface area contributed by atoms with Crippen LogP contribution in [0, 0.1) is 5.92 Å². The van der Waals surface area contributed by atoms with Crippen LogP contribution in [0.3, 0.4) is 0 Å². The van der Waals surface area contributed by atoms with E-state index in [9.17, 15) is 25.2 Å². The summed E-state index contributed by atoms with van der Waals surface area (Å²) in [4.78, 5) is 14.2. The minimum Gasteiger partial charge on any atom is -0.493 e. The summed E-state index contributed by atoms with van der Waals surface area (Å²) in [7, 11) is 3.85. The highest BCUT2D eigenvalue weighted by molar-refractivity contribution is 5.65. The first-order valence-corrected chi connectivity index (χ1v) is 12.4. The van der Waals surface area contributed by atoms with E-state index < -0.39 is 49.6 Å². The number of quaternary nitrogens is 1. The van der Waals surface area contributed by atoms with Gasteiger partial charge in [-0.1, -0.05) is 6.07 Å². The average Bonchev–Trinajstić information content (AvgIpc) is 3.22. The van der Waals surface area contributed by atoms with Gasteiger partial charge in [-0.25, -0.2) is 4.79 Å². The molecule has 4 unspecified atom stereocenters. The minimum atomic E-state index is -1.72. The van der Waals surface area contributed by atoms with Crippen LogP contribution < -0.4 is 14.4 Å². The van der Waals surface area contributed by atoms with Gasteiger partial charge >= 0.3 is 6.16 Å². The van der Waals surface area contributed by atoms with Crippen molar-refractivity contribution in [3.8, 4) is 11.5 Å². The molecule has 0 amide bonds. The highest BCUT2D eigenvalue weighted by Crippen LogP contribution is 2.62. The normalized spacial score (nSPS) is 42.1. The zero-order valence-electron chi connectivity index (χ0n) is 20.1. The summed E-state index contributed by atoms with van der Waals surface area (Å²) in [6, 6.07) is 4.48. The lowest BCUT2D eigenvalue weighted by Crippen LogP contribution is -3.16. The van der Waals surface area contributed by atoms with Gasteiger partial charge in [0.05, 0.1) is 32.2 Å². The first kappa shape index (κ1) is 24.0. The number of piperidine rings is 1. The van der Waals surface area contributed by atoms with Crippen LogP contribution in [0.15, 0.2) is 24.0 Å². The number of ether oxygens (including phenoxy) is 5. The highest BCUT2D eigenvalue weighted by atomic mass is 16.7. The summed E-state index contributed by atoms with van der Waals surface area (Å²) >= 11 is 0. The predicted molar refractivity (Wildman–Crippen MR) is 120 cm³/mol. The molecule has 2 aliphatic carbocycles. The van der Waals surface area contributed by atoms with Gasteiger partial charge in [0, 0.05) is 24.3 Å². The van der Waals surface area contributed by atoms with E-state index in [0.29, 0.717) is 29.2 Å². The maximum Gasteiger partial charge on any atom is 0.513 e. The first-order valence-electron chi connectivity index (χ1n) is 12.4. The number of methoxy groups -OCH3 is 1. The number of aliphatic hydroxyl groups is 4. The van der Waals surface area contributed by atoms with E-state index in [1.54, 1.807) is 7.11 Å². The van der Waals surface area contributed by atoms with Gasteiger partial charge in [-0.3, -0.25) is 0 Å². The lowest BCUT2D eigenvalue weighted by atomic mass is 9.53. The van der Waals surface area contributed by atoms with E-state index in [1.165, 1.54) is 16.0 Å². The molecule has 1 spiro atoms. The number of hydrogen-bond donors (Lipinski definition) is 5. The number of aliphatic hydroxyl groups excluding tert-OH is 4. The number of likely N-dealkylation sites (N-methyl/N-ethyl adjacent to an activating group) is 1. The third-order valence-corrected chi connectivity index (χ3v) is 8.84. The van der Waals surface area contributed by atoms with Crippen molar-refractivity contribution in [3.63, 3.8) is 0 Å². The van der Waals surface area contributed by atoms with E-state index in [0.717, 1.165) is 25.8 Å². The molecule has 1 aromatic rings. The molecule has 0 radical (unpaired) electrons. The van der Waals surface area contributed by atoms with Crippen LogP contribution >= 0.6 is 0 Å². The van der Waals surface area contributed by atoms with Crippen molar-refractivity contribution in [2.75, 3.05) is 27.3 Å². The SMILES string of the molecule is COc1ccc2c3c1OC1C(OC(=O)OC[C@H]4OC(O)[C@H](O)[C@@H](O)[C@H]4O)=CCC4[C@@H](C2)[NH+](C)CC[C@]314. The molecular formula is C25H32NO10+. The number of carbonyl (C=O) groups is 1. The van der Waals surface area contributed by atoms with Crippen LogP contribution in [0.5, 0.6) is 11.5 Å². The lowest BCUT2D eigenvalue weighted by Gasteiger charge is -2.54. The van der Waals surface area contributed by atoms with Gasteiger partial charge in [0.25, 0.3) is 0 Å². The second-order valence-corrected chi connectivity index (χ2v) is 10.5. The summed E-state index contributed by atoms with van der Waals surface area (Å²) in [5.74, 6) is 2.08. The van der Waals surface area contributed by atoms with Crippen molar-refractivity contribution >= 4 is 6.16 Å². The van der Waals surface area contributed by atoms with Gasteiger partial charge in [-0.05, 0) is 24.1 Å². The molecule has 3 aliphatic heterocycles. The Morgan fingerprint density at radius 1 is 1.19 bits per heavy atom. The third-order valence-electron chi connectivity index (χ3n) is 8.84. The molecule has 2 bridgehead atoms. The van der Waals surface area contributed by atoms with Crippen LogP contribution in [-0.2, 0) is 26.0 Å². The average molecular weight is 507 g/mol. The van der Waals surface area contributed by atoms with Gasteiger partial charge in [-0.2, -0.15) is 0 Å². The van der Waals surface area contributed by atoms with Gasteiger partial charge in [0.15, 0.2) is 23.9 Å². The lowest BCUT2D eigenvalue weighted by molar-refractivity contribution is -0.918. The monoisotopic (exact) mass is 506 g/mol. The molecule has 1 aromatic carbocycles. The maximum absolute atomic E-state index is 12.7. The van der Waals surface area contributed by atoms with Gasteiger partial charge in [-0.15, -0.1) is 0 Å². The van der Waals surface area contributed by atoms with Crippen LogP contribution in [0.2, 0.25) is 0 Å². The van der Waals surface area contributed by atoms with Crippen molar-refractivity contribution in [2.45, 2.75) is 67.5 Å². The smallest absolute Gasteiger partial charge is 0.493 e. The zero-order chi connectivity index (χ0) is 25.4. The molecule has 0 saturated carbocycles. The largest absolute Gasteiger partial charge is 0.513 e. The molecule has 10 atom stereocenters. The van der Waals surface area contributed by atoms with Crippen LogP contribution in [0.1, 0.15) is 24.0 Å². The summed E-state index contributed by atoms with van der Waals surface area (Å²) in [5, 5.41) is 39.2. The zero-order valence-corrected chi connectivity index (χ0v) is 20.1. The van der Waals surface area contributed by atoms with Crippen molar-refractivity contribution in [2.24, 2.45) is 5.92 Å². The van der Waals surface area contributed by atoms with Gasteiger partial charge < -0.3 is 49.0 Å². The standard InChI is InChI=1S/C25H31NO10/c1-26-8-7-25-12-4-6-15(35-24(31)33-10-16-18(27)19(28)20(29)23(30)34-16)22(25)36-21-14(32-2)5-3-11(17(21)25)9-13(12)26/h3,5-6,12-13,16,18-20,22-23,27-30H,4,7-10H2,1-2H3/p+1/t12?,13-,16-,18+,19+,20-,22?,23?,25+/m1/s1. The Hall–Kier alpha value is -2.41. The molecule has 196 valence electrons. The number of benzene rings is 1. The molecule has 3 heterocycles. The van der Waals surface area contributed by atoms with E-state index >= 15 is 0 Å². The van der Waals surface area contributed by atoms with Crippen LogP contribution in [-0.4, -0.2) is 96.7 Å². The topological polar surface area (TPSA) is 149 Å². The van der Waals surface area contributed by atoms with Crippen molar-refractivity contribution in [1.29, 1.82) is 0 Å². The fourth-order valence-corrected chi connectivity index (χ4v) is 7.06. The molecule has 6 rings (SSSR count). The highest BCUT2D eigenvalue weighted by Gasteiger charge is 2.66. The number of allylic oxidation sites excluding steroid dienone is 1. The summed E-state index contributed by atoms with van der Waals surface area (Å²) in [6.45, 7) is 0.490. The Kier molecular flexibility index (Phi) is 5.71. The predicted octanol–water partition coefficient (Wildman–Crippen LogP) is -1.61. The fraction of sp³-hybridized carbons (Fsp3) is 0.640. The van der Waals surface area contributed by atoms with E-state index in [-0.39, 0.29) is 5.41 Å². The summed E-state index contributed by atoms with van der Waals surface area (Å²) in [6.07, 6.45) is -4.84. The van der Waals surface area contributed by atoms with Crippen LogP contribution in [0.25, 0.3) is 0 Å². The van der Waals surface area contributed by atoms with Crippen molar-refractivity contribution in [3.05, 3.63) is 35.1 Å². The van der Waals surface area contributed by atoms with Crippen molar-refractivity contribution in [1.82, 2.24) is 0 Å². The number of nitrogens with one attached hydrogen (secondary N) is 1. The summed E-state index contributed by atoms with van der Waals surface area (Å²) < 4.78 is 28.0. The van der Waals surface area contributed by atoms with Crippen molar-refractivity contribution < 1.29 is 53.8 Å². The van der Waals surface area contributed by atoms with Gasteiger partial charge in [0.1, 0.15) is 36.8 Å². The summed E-state index contributed by atoms with van der Waals surface area (Å²) in [5.41, 5.74) is 2.10. The Labute approximate surface area is 207 Å². The maximum atomic E-state index is 12.7. The van der Waals surface area contributed by atoms with Crippen LogP contribution in [0.4, 0.5) is 4.79 Å². The second-order valence-electron chi connectivity index (χ2n) is 10.5. The quantitative estimate of drug-likeness (QED) is 0.302. The minimum absolute atomic E-state index is 0.320. The van der Waals surface area contributed by atoms with E-state index in [1.807, 2.05) is 12.1 Å². The number of carbonyl (C=O) groups excluding carboxylic acids is 1.